The number of aromatic nitrogens is 1. The molecule has 0 saturated carbocycles. The molecule has 0 radical (unpaired) electrons. The lowest BCUT2D eigenvalue weighted by molar-refractivity contribution is 0.0677. The Morgan fingerprint density at radius 2 is 2.33 bits per heavy atom. The molecule has 0 aliphatic heterocycles. The summed E-state index contributed by atoms with van der Waals surface area (Å²) in [5.41, 5.74) is 0.308. The topological polar surface area (TPSA) is 51.5 Å². The summed E-state index contributed by atoms with van der Waals surface area (Å²) >= 11 is 0. The maximum atomic E-state index is 10.8. The average Bonchev–Trinajstić information content (AvgIpc) is 2.60. The number of nitrogens with zero attached hydrogens (tertiary/aromatic N) is 1. The summed E-state index contributed by atoms with van der Waals surface area (Å²) in [6.45, 7) is 6.01. The van der Waals surface area contributed by atoms with Crippen LogP contribution in [0.5, 0.6) is 0 Å². The fourth-order valence-electron chi connectivity index (χ4n) is 1.29. The second-order valence-corrected chi connectivity index (χ2v) is 3.86. The molecule has 0 saturated heterocycles. The summed E-state index contributed by atoms with van der Waals surface area (Å²) < 4.78 is 7.07. The predicted molar refractivity (Wildman–Crippen MR) is 57.0 cm³/mol. The number of aromatic carboxylic acids is 1. The highest BCUT2D eigenvalue weighted by atomic mass is 16.5. The van der Waals surface area contributed by atoms with Crippen LogP contribution in [0.25, 0.3) is 0 Å². The van der Waals surface area contributed by atoms with E-state index >= 15 is 0 Å². The molecule has 15 heavy (non-hydrogen) atoms. The molecular weight excluding hydrogens is 194 g/mol. The van der Waals surface area contributed by atoms with E-state index in [9.17, 15) is 4.79 Å². The van der Waals surface area contributed by atoms with Crippen LogP contribution < -0.4 is 0 Å². The van der Waals surface area contributed by atoms with Crippen LogP contribution in [-0.4, -0.2) is 28.9 Å². The number of carboxylic acids is 1. The van der Waals surface area contributed by atoms with E-state index in [0.717, 1.165) is 0 Å². The molecule has 0 atom stereocenters. The van der Waals surface area contributed by atoms with Gasteiger partial charge in [0.05, 0.1) is 6.61 Å². The van der Waals surface area contributed by atoms with Gasteiger partial charge in [0, 0.05) is 19.3 Å². The van der Waals surface area contributed by atoms with Crippen molar-refractivity contribution in [3.8, 4) is 0 Å². The van der Waals surface area contributed by atoms with Crippen LogP contribution in [0.15, 0.2) is 18.3 Å². The molecule has 0 amide bonds. The van der Waals surface area contributed by atoms with Crippen LogP contribution in [0.4, 0.5) is 0 Å². The Morgan fingerprint density at radius 3 is 2.93 bits per heavy atom. The molecule has 1 heterocycles. The van der Waals surface area contributed by atoms with Crippen molar-refractivity contribution >= 4 is 5.97 Å². The molecule has 1 rings (SSSR count). The lowest BCUT2D eigenvalue weighted by atomic mass is 10.2. The molecule has 4 nitrogen and oxygen atoms in total. The monoisotopic (exact) mass is 211 g/mol. The second kappa shape index (κ2) is 5.56. The Hall–Kier alpha value is -1.29. The van der Waals surface area contributed by atoms with E-state index in [4.69, 9.17) is 9.84 Å². The molecule has 0 aliphatic rings. The van der Waals surface area contributed by atoms with Gasteiger partial charge in [-0.2, -0.15) is 0 Å². The number of carboxylic acid groups (broad SMARTS) is 1. The maximum absolute atomic E-state index is 10.8. The highest BCUT2D eigenvalue weighted by Gasteiger charge is 2.07. The van der Waals surface area contributed by atoms with Crippen molar-refractivity contribution in [1.29, 1.82) is 0 Å². The zero-order chi connectivity index (χ0) is 11.3. The first kappa shape index (κ1) is 11.8. The third-order valence-electron chi connectivity index (χ3n) is 1.98. The molecule has 0 aromatic carbocycles. The van der Waals surface area contributed by atoms with Gasteiger partial charge >= 0.3 is 5.97 Å². The first-order chi connectivity index (χ1) is 7.11. The summed E-state index contributed by atoms with van der Waals surface area (Å²) in [6, 6.07) is 3.32. The van der Waals surface area contributed by atoms with Crippen molar-refractivity contribution in [2.75, 3.05) is 13.2 Å². The molecule has 0 fully saturated rings. The molecule has 1 aromatic rings. The van der Waals surface area contributed by atoms with Gasteiger partial charge in [-0.05, 0) is 18.1 Å². The van der Waals surface area contributed by atoms with Crippen molar-refractivity contribution in [3.63, 3.8) is 0 Å². The third kappa shape index (κ3) is 3.75. The van der Waals surface area contributed by atoms with Gasteiger partial charge in [0.25, 0.3) is 0 Å². The zero-order valence-corrected chi connectivity index (χ0v) is 9.14. The normalized spacial score (nSPS) is 10.9. The zero-order valence-electron chi connectivity index (χ0n) is 9.14. The fraction of sp³-hybridized carbons (Fsp3) is 0.545. The quantitative estimate of drug-likeness (QED) is 0.731. The van der Waals surface area contributed by atoms with E-state index in [1.165, 1.54) is 0 Å². The van der Waals surface area contributed by atoms with Crippen LogP contribution in [0.1, 0.15) is 24.3 Å². The van der Waals surface area contributed by atoms with E-state index in [-0.39, 0.29) is 0 Å². The summed E-state index contributed by atoms with van der Waals surface area (Å²) in [6.07, 6.45) is 1.75. The van der Waals surface area contributed by atoms with Crippen LogP contribution in [0.3, 0.4) is 0 Å². The summed E-state index contributed by atoms with van der Waals surface area (Å²) in [4.78, 5) is 10.8. The van der Waals surface area contributed by atoms with Crippen LogP contribution in [0.2, 0.25) is 0 Å². The van der Waals surface area contributed by atoms with E-state index in [0.29, 0.717) is 31.4 Å². The molecule has 0 aliphatic carbocycles. The third-order valence-corrected chi connectivity index (χ3v) is 1.98. The Balaban J connectivity index is 2.37. The van der Waals surface area contributed by atoms with E-state index < -0.39 is 5.97 Å². The molecule has 0 unspecified atom stereocenters. The smallest absolute Gasteiger partial charge is 0.352 e. The molecular formula is C11H17NO3. The van der Waals surface area contributed by atoms with Gasteiger partial charge in [-0.15, -0.1) is 0 Å². The van der Waals surface area contributed by atoms with Crippen LogP contribution >= 0.6 is 0 Å². The van der Waals surface area contributed by atoms with Gasteiger partial charge in [0.15, 0.2) is 0 Å². The maximum Gasteiger partial charge on any atom is 0.352 e. The number of carbonyl (C=O) groups is 1. The van der Waals surface area contributed by atoms with Crippen LogP contribution in [-0.2, 0) is 11.3 Å². The van der Waals surface area contributed by atoms with Crippen LogP contribution in [0, 0.1) is 5.92 Å². The Labute approximate surface area is 89.5 Å². The molecule has 1 N–H and O–H groups in total. The van der Waals surface area contributed by atoms with E-state index in [2.05, 4.69) is 13.8 Å². The fourth-order valence-corrected chi connectivity index (χ4v) is 1.29. The van der Waals surface area contributed by atoms with Crippen molar-refractivity contribution in [3.05, 3.63) is 24.0 Å². The Morgan fingerprint density at radius 1 is 1.60 bits per heavy atom. The Bertz CT molecular complexity index is 317. The summed E-state index contributed by atoms with van der Waals surface area (Å²) in [5, 5.41) is 8.84. The highest BCUT2D eigenvalue weighted by Crippen LogP contribution is 2.02. The number of ether oxygens (including phenoxy) is 1. The minimum absolute atomic E-state index is 0.308. The molecule has 0 spiro atoms. The van der Waals surface area contributed by atoms with Gasteiger partial charge in [-0.3, -0.25) is 0 Å². The van der Waals surface area contributed by atoms with Gasteiger partial charge in [-0.1, -0.05) is 13.8 Å². The van der Waals surface area contributed by atoms with E-state index in [1.54, 1.807) is 22.9 Å². The van der Waals surface area contributed by atoms with Gasteiger partial charge < -0.3 is 14.4 Å². The predicted octanol–water partition coefficient (Wildman–Crippen LogP) is 1.86. The number of rotatable bonds is 6. The van der Waals surface area contributed by atoms with Gasteiger partial charge in [0.2, 0.25) is 0 Å². The van der Waals surface area contributed by atoms with Crippen molar-refractivity contribution in [1.82, 2.24) is 4.57 Å². The van der Waals surface area contributed by atoms with Crippen molar-refractivity contribution in [2.24, 2.45) is 5.92 Å². The van der Waals surface area contributed by atoms with Gasteiger partial charge in [-0.25, -0.2) is 4.79 Å². The van der Waals surface area contributed by atoms with E-state index in [1.807, 2.05) is 0 Å². The standard InChI is InChI=1S/C11H17NO3/c1-9(2)8-15-7-6-12-5-3-4-10(12)11(13)14/h3-5,9H,6-8H2,1-2H3,(H,13,14). The second-order valence-electron chi connectivity index (χ2n) is 3.86. The summed E-state index contributed by atoms with van der Waals surface area (Å²) in [7, 11) is 0. The summed E-state index contributed by atoms with van der Waals surface area (Å²) in [5.74, 6) is -0.391. The minimum Gasteiger partial charge on any atom is -0.477 e. The SMILES string of the molecule is CC(C)COCCn1cccc1C(=O)O. The number of hydrogen-bond acceptors (Lipinski definition) is 2. The lowest BCUT2D eigenvalue weighted by Gasteiger charge is -2.08. The number of hydrogen-bond donors (Lipinski definition) is 1. The van der Waals surface area contributed by atoms with Gasteiger partial charge in [0.1, 0.15) is 5.69 Å². The van der Waals surface area contributed by atoms with Crippen molar-refractivity contribution < 1.29 is 14.6 Å². The molecule has 4 heteroatoms. The molecule has 0 bridgehead atoms. The largest absolute Gasteiger partial charge is 0.477 e. The average molecular weight is 211 g/mol. The molecule has 1 aromatic heterocycles. The first-order valence-electron chi connectivity index (χ1n) is 5.07. The van der Waals surface area contributed by atoms with Crippen molar-refractivity contribution in [2.45, 2.75) is 20.4 Å². The minimum atomic E-state index is -0.899. The highest BCUT2D eigenvalue weighted by molar-refractivity contribution is 5.85. The molecule has 84 valence electrons. The Kier molecular flexibility index (Phi) is 4.37. The first-order valence-corrected chi connectivity index (χ1v) is 5.07. The lowest BCUT2D eigenvalue weighted by Crippen LogP contribution is -2.13.